The minimum absolute atomic E-state index is 0.0817. The van der Waals surface area contributed by atoms with Crippen LogP contribution in [0, 0.1) is 0 Å². The standard InChI is InChI=1S/C14H13NO3/c1-2-18-13-12(14(16)17)8-11(9-15-13)10-6-4-3-5-7-10/h3-9H,2H2,1H3,(H,16,17). The summed E-state index contributed by atoms with van der Waals surface area (Å²) in [6, 6.07) is 11.1. The van der Waals surface area contributed by atoms with E-state index in [0.29, 0.717) is 6.61 Å². The molecule has 1 heterocycles. The number of aromatic carboxylic acids is 1. The van der Waals surface area contributed by atoms with Crippen molar-refractivity contribution in [1.29, 1.82) is 0 Å². The Labute approximate surface area is 105 Å². The van der Waals surface area contributed by atoms with Crippen molar-refractivity contribution in [1.82, 2.24) is 4.98 Å². The molecule has 1 aromatic heterocycles. The Bertz CT molecular complexity index is 552. The van der Waals surface area contributed by atoms with E-state index in [4.69, 9.17) is 9.84 Å². The summed E-state index contributed by atoms with van der Waals surface area (Å²) >= 11 is 0. The number of carbonyl (C=O) groups is 1. The van der Waals surface area contributed by atoms with E-state index in [1.807, 2.05) is 30.3 Å². The number of aromatic nitrogens is 1. The van der Waals surface area contributed by atoms with Gasteiger partial charge in [0.15, 0.2) is 0 Å². The summed E-state index contributed by atoms with van der Waals surface area (Å²) in [5.41, 5.74) is 1.77. The minimum atomic E-state index is -1.04. The minimum Gasteiger partial charge on any atom is -0.477 e. The van der Waals surface area contributed by atoms with E-state index in [1.54, 1.807) is 19.2 Å². The van der Waals surface area contributed by atoms with Crippen LogP contribution in [-0.4, -0.2) is 22.7 Å². The first kappa shape index (κ1) is 12.1. The van der Waals surface area contributed by atoms with E-state index >= 15 is 0 Å². The monoisotopic (exact) mass is 243 g/mol. The number of nitrogens with zero attached hydrogens (tertiary/aromatic N) is 1. The lowest BCUT2D eigenvalue weighted by atomic mass is 10.1. The number of carboxylic acid groups (broad SMARTS) is 1. The average Bonchev–Trinajstić information content (AvgIpc) is 2.40. The number of ether oxygens (including phenoxy) is 1. The second kappa shape index (κ2) is 5.31. The van der Waals surface area contributed by atoms with Crippen LogP contribution in [0.1, 0.15) is 17.3 Å². The van der Waals surface area contributed by atoms with Crippen LogP contribution in [0.15, 0.2) is 42.6 Å². The molecule has 0 saturated heterocycles. The molecule has 18 heavy (non-hydrogen) atoms. The molecule has 4 heteroatoms. The van der Waals surface area contributed by atoms with Crippen molar-refractivity contribution in [3.05, 3.63) is 48.2 Å². The highest BCUT2D eigenvalue weighted by Crippen LogP contribution is 2.24. The van der Waals surface area contributed by atoms with Gasteiger partial charge in [-0.15, -0.1) is 0 Å². The lowest BCUT2D eigenvalue weighted by molar-refractivity contribution is 0.0691. The number of rotatable bonds is 4. The maximum Gasteiger partial charge on any atom is 0.341 e. The van der Waals surface area contributed by atoms with Gasteiger partial charge >= 0.3 is 5.97 Å². The SMILES string of the molecule is CCOc1ncc(-c2ccccc2)cc1C(=O)O. The van der Waals surface area contributed by atoms with Gasteiger partial charge < -0.3 is 9.84 Å². The van der Waals surface area contributed by atoms with Crippen molar-refractivity contribution in [3.8, 4) is 17.0 Å². The molecular formula is C14H13NO3. The Balaban J connectivity index is 2.46. The van der Waals surface area contributed by atoms with E-state index in [1.165, 1.54) is 0 Å². The molecule has 0 bridgehead atoms. The molecule has 2 aromatic rings. The molecule has 0 saturated carbocycles. The second-order valence-corrected chi connectivity index (χ2v) is 3.68. The lowest BCUT2D eigenvalue weighted by Crippen LogP contribution is -2.05. The summed E-state index contributed by atoms with van der Waals surface area (Å²) in [6.45, 7) is 2.18. The Morgan fingerprint density at radius 2 is 2.00 bits per heavy atom. The number of hydrogen-bond donors (Lipinski definition) is 1. The van der Waals surface area contributed by atoms with Crippen molar-refractivity contribution >= 4 is 5.97 Å². The molecule has 4 nitrogen and oxygen atoms in total. The van der Waals surface area contributed by atoms with Crippen molar-refractivity contribution in [2.75, 3.05) is 6.61 Å². The summed E-state index contributed by atoms with van der Waals surface area (Å²) in [7, 11) is 0. The molecule has 2 rings (SSSR count). The van der Waals surface area contributed by atoms with Gasteiger partial charge in [-0.05, 0) is 18.6 Å². The van der Waals surface area contributed by atoms with E-state index < -0.39 is 5.97 Å². The molecule has 0 fully saturated rings. The highest BCUT2D eigenvalue weighted by atomic mass is 16.5. The lowest BCUT2D eigenvalue weighted by Gasteiger charge is -2.08. The van der Waals surface area contributed by atoms with Crippen LogP contribution in [0.5, 0.6) is 5.88 Å². The van der Waals surface area contributed by atoms with Crippen molar-refractivity contribution in [2.24, 2.45) is 0 Å². The zero-order valence-corrected chi connectivity index (χ0v) is 9.96. The van der Waals surface area contributed by atoms with Gasteiger partial charge in [0.25, 0.3) is 0 Å². The maximum absolute atomic E-state index is 11.2. The molecule has 0 aliphatic carbocycles. The summed E-state index contributed by atoms with van der Waals surface area (Å²) in [6.07, 6.45) is 1.62. The van der Waals surface area contributed by atoms with Gasteiger partial charge in [0.05, 0.1) is 6.61 Å². The predicted octanol–water partition coefficient (Wildman–Crippen LogP) is 2.85. The van der Waals surface area contributed by atoms with Gasteiger partial charge in [-0.25, -0.2) is 9.78 Å². The highest BCUT2D eigenvalue weighted by molar-refractivity contribution is 5.91. The second-order valence-electron chi connectivity index (χ2n) is 3.68. The fourth-order valence-corrected chi connectivity index (χ4v) is 1.65. The quantitative estimate of drug-likeness (QED) is 0.897. The average molecular weight is 243 g/mol. The smallest absolute Gasteiger partial charge is 0.341 e. The molecule has 0 aliphatic heterocycles. The third kappa shape index (κ3) is 2.48. The number of carboxylic acids is 1. The van der Waals surface area contributed by atoms with Crippen LogP contribution in [0.25, 0.3) is 11.1 Å². The first-order chi connectivity index (χ1) is 8.72. The molecule has 0 atom stereocenters. The van der Waals surface area contributed by atoms with Gasteiger partial charge in [0.2, 0.25) is 5.88 Å². The van der Waals surface area contributed by atoms with Gasteiger partial charge in [-0.3, -0.25) is 0 Å². The number of benzene rings is 1. The van der Waals surface area contributed by atoms with E-state index in [0.717, 1.165) is 11.1 Å². The van der Waals surface area contributed by atoms with Gasteiger partial charge in [0.1, 0.15) is 5.56 Å². The first-order valence-electron chi connectivity index (χ1n) is 5.64. The Morgan fingerprint density at radius 3 is 2.61 bits per heavy atom. The van der Waals surface area contributed by atoms with Gasteiger partial charge in [-0.1, -0.05) is 30.3 Å². The third-order valence-electron chi connectivity index (χ3n) is 2.47. The predicted molar refractivity (Wildman–Crippen MR) is 67.8 cm³/mol. The topological polar surface area (TPSA) is 59.4 Å². The first-order valence-corrected chi connectivity index (χ1v) is 5.64. The van der Waals surface area contributed by atoms with Crippen LogP contribution in [0.3, 0.4) is 0 Å². The van der Waals surface area contributed by atoms with Gasteiger partial charge in [-0.2, -0.15) is 0 Å². The molecule has 1 N–H and O–H groups in total. The summed E-state index contributed by atoms with van der Waals surface area (Å²) in [5.74, 6) is -0.881. The maximum atomic E-state index is 11.2. The summed E-state index contributed by atoms with van der Waals surface area (Å²) in [4.78, 5) is 15.2. The number of pyridine rings is 1. The molecule has 0 spiro atoms. The van der Waals surface area contributed by atoms with Crippen LogP contribution in [-0.2, 0) is 0 Å². The zero-order valence-electron chi connectivity index (χ0n) is 9.96. The zero-order chi connectivity index (χ0) is 13.0. The normalized spacial score (nSPS) is 10.1. The van der Waals surface area contributed by atoms with E-state index in [-0.39, 0.29) is 11.4 Å². The summed E-state index contributed by atoms with van der Waals surface area (Å²) < 4.78 is 5.20. The Hall–Kier alpha value is -2.36. The highest BCUT2D eigenvalue weighted by Gasteiger charge is 2.14. The van der Waals surface area contributed by atoms with E-state index in [2.05, 4.69) is 4.98 Å². The molecule has 0 radical (unpaired) electrons. The van der Waals surface area contributed by atoms with Gasteiger partial charge in [0, 0.05) is 11.8 Å². The van der Waals surface area contributed by atoms with Crippen LogP contribution in [0.2, 0.25) is 0 Å². The molecule has 1 aromatic carbocycles. The van der Waals surface area contributed by atoms with Crippen molar-refractivity contribution < 1.29 is 14.6 Å². The van der Waals surface area contributed by atoms with Crippen LogP contribution >= 0.6 is 0 Å². The Kier molecular flexibility index (Phi) is 3.57. The number of hydrogen-bond acceptors (Lipinski definition) is 3. The largest absolute Gasteiger partial charge is 0.477 e. The Morgan fingerprint density at radius 1 is 1.28 bits per heavy atom. The summed E-state index contributed by atoms with van der Waals surface area (Å²) in [5, 5.41) is 9.14. The molecule has 0 aliphatic rings. The molecule has 0 unspecified atom stereocenters. The molecule has 0 amide bonds. The van der Waals surface area contributed by atoms with Crippen molar-refractivity contribution in [2.45, 2.75) is 6.92 Å². The van der Waals surface area contributed by atoms with E-state index in [9.17, 15) is 4.79 Å². The molecule has 92 valence electrons. The van der Waals surface area contributed by atoms with Crippen molar-refractivity contribution in [3.63, 3.8) is 0 Å². The third-order valence-corrected chi connectivity index (χ3v) is 2.47. The fourth-order valence-electron chi connectivity index (χ4n) is 1.65. The van der Waals surface area contributed by atoms with Crippen LogP contribution in [0.4, 0.5) is 0 Å². The molecular weight excluding hydrogens is 230 g/mol. The fraction of sp³-hybridized carbons (Fsp3) is 0.143. The van der Waals surface area contributed by atoms with Crippen LogP contribution < -0.4 is 4.74 Å².